The van der Waals surface area contributed by atoms with Gasteiger partial charge in [-0.1, -0.05) is 6.07 Å². The van der Waals surface area contributed by atoms with E-state index < -0.39 is 29.2 Å². The molecule has 2 aromatic carbocycles. The Kier molecular flexibility index (Phi) is 4.78. The number of carbonyl (C=O) groups excluding carboxylic acids is 1. The zero-order valence-electron chi connectivity index (χ0n) is 12.9. The Labute approximate surface area is 144 Å². The highest BCUT2D eigenvalue weighted by Gasteiger charge is 2.14. The van der Waals surface area contributed by atoms with Crippen LogP contribution >= 0.6 is 0 Å². The van der Waals surface area contributed by atoms with E-state index in [1.54, 1.807) is 0 Å². The molecule has 1 heterocycles. The minimum Gasteiger partial charge on any atom is -0.336 e. The summed E-state index contributed by atoms with van der Waals surface area (Å²) in [5, 5.41) is 12.2. The van der Waals surface area contributed by atoms with Crippen molar-refractivity contribution in [1.82, 2.24) is 10.2 Å². The smallest absolute Gasteiger partial charge is 0.276 e. The lowest BCUT2D eigenvalue weighted by Gasteiger charge is -2.08. The van der Waals surface area contributed by atoms with Gasteiger partial charge in [0.25, 0.3) is 5.91 Å². The fourth-order valence-electron chi connectivity index (χ4n) is 2.04. The second-order valence-corrected chi connectivity index (χ2v) is 5.12. The third kappa shape index (κ3) is 3.77. The predicted molar refractivity (Wildman–Crippen MR) is 86.0 cm³/mol. The van der Waals surface area contributed by atoms with Crippen molar-refractivity contribution in [2.24, 2.45) is 0 Å². The quantitative estimate of drug-likeness (QED) is 0.543. The molecule has 9 heteroatoms. The fourth-order valence-corrected chi connectivity index (χ4v) is 2.04. The van der Waals surface area contributed by atoms with Crippen LogP contribution in [0.1, 0.15) is 10.5 Å². The third-order valence-electron chi connectivity index (χ3n) is 3.28. The molecular formula is C17H10F4N4O. The average Bonchev–Trinajstić information content (AvgIpc) is 2.63. The van der Waals surface area contributed by atoms with E-state index in [9.17, 15) is 22.4 Å². The lowest BCUT2D eigenvalue weighted by atomic mass is 10.2. The van der Waals surface area contributed by atoms with E-state index in [0.29, 0.717) is 0 Å². The van der Waals surface area contributed by atoms with Crippen LogP contribution in [0.3, 0.4) is 0 Å². The highest BCUT2D eigenvalue weighted by Crippen LogP contribution is 2.22. The zero-order chi connectivity index (χ0) is 18.7. The largest absolute Gasteiger partial charge is 0.336 e. The summed E-state index contributed by atoms with van der Waals surface area (Å²) in [7, 11) is 0. The number of amides is 1. The maximum atomic E-state index is 13.6. The molecule has 0 bridgehead atoms. The standard InChI is InChI=1S/C17H10F4N4O/c18-9-2-1-3-10(8-9)22-17(26)13-6-7-14(25-24-13)23-12-5-4-11(19)15(20)16(12)21/h1-8H,(H,22,26)(H,23,25). The molecule has 0 saturated heterocycles. The number of anilines is 3. The summed E-state index contributed by atoms with van der Waals surface area (Å²) in [5.41, 5.74) is -0.177. The fraction of sp³-hybridized carbons (Fsp3) is 0. The van der Waals surface area contributed by atoms with Gasteiger partial charge >= 0.3 is 0 Å². The number of aromatic nitrogens is 2. The van der Waals surface area contributed by atoms with E-state index in [1.165, 1.54) is 30.3 Å². The Balaban J connectivity index is 1.72. The van der Waals surface area contributed by atoms with Crippen LogP contribution in [0.5, 0.6) is 0 Å². The van der Waals surface area contributed by atoms with Gasteiger partial charge in [-0.2, -0.15) is 0 Å². The number of nitrogens with one attached hydrogen (secondary N) is 2. The molecule has 1 amide bonds. The van der Waals surface area contributed by atoms with Crippen molar-refractivity contribution >= 4 is 23.1 Å². The van der Waals surface area contributed by atoms with E-state index in [-0.39, 0.29) is 22.9 Å². The summed E-state index contributed by atoms with van der Waals surface area (Å²) in [4.78, 5) is 12.0. The average molecular weight is 362 g/mol. The summed E-state index contributed by atoms with van der Waals surface area (Å²) >= 11 is 0. The van der Waals surface area contributed by atoms with Crippen LogP contribution in [0.2, 0.25) is 0 Å². The Morgan fingerprint density at radius 3 is 2.38 bits per heavy atom. The molecular weight excluding hydrogens is 352 g/mol. The topological polar surface area (TPSA) is 66.9 Å². The predicted octanol–water partition coefficient (Wildman–Crippen LogP) is 4.03. The summed E-state index contributed by atoms with van der Waals surface area (Å²) in [6, 6.07) is 9.63. The van der Waals surface area contributed by atoms with Gasteiger partial charge in [-0.15, -0.1) is 10.2 Å². The van der Waals surface area contributed by atoms with E-state index in [1.807, 2.05) is 0 Å². The van der Waals surface area contributed by atoms with Gasteiger partial charge in [0.15, 0.2) is 29.0 Å². The van der Waals surface area contributed by atoms with Gasteiger partial charge in [0.05, 0.1) is 5.69 Å². The van der Waals surface area contributed by atoms with Gasteiger partial charge in [0.2, 0.25) is 0 Å². The summed E-state index contributed by atoms with van der Waals surface area (Å²) in [6.45, 7) is 0. The van der Waals surface area contributed by atoms with E-state index in [4.69, 9.17) is 0 Å². The molecule has 26 heavy (non-hydrogen) atoms. The molecule has 0 aliphatic rings. The van der Waals surface area contributed by atoms with Gasteiger partial charge in [-0.25, -0.2) is 17.6 Å². The second-order valence-electron chi connectivity index (χ2n) is 5.12. The molecule has 3 rings (SSSR count). The van der Waals surface area contributed by atoms with E-state index in [0.717, 1.165) is 18.2 Å². The molecule has 0 spiro atoms. The first-order chi connectivity index (χ1) is 12.4. The molecule has 1 aromatic heterocycles. The lowest BCUT2D eigenvalue weighted by molar-refractivity contribution is 0.102. The van der Waals surface area contributed by atoms with Crippen LogP contribution in [-0.2, 0) is 0 Å². The molecule has 3 aromatic rings. The summed E-state index contributed by atoms with van der Waals surface area (Å²) in [6.07, 6.45) is 0. The summed E-state index contributed by atoms with van der Waals surface area (Å²) < 4.78 is 52.8. The van der Waals surface area contributed by atoms with Gasteiger partial charge in [0.1, 0.15) is 5.82 Å². The number of benzene rings is 2. The maximum absolute atomic E-state index is 13.6. The van der Waals surface area contributed by atoms with Crippen molar-refractivity contribution in [2.45, 2.75) is 0 Å². The van der Waals surface area contributed by atoms with E-state index in [2.05, 4.69) is 20.8 Å². The normalized spacial score (nSPS) is 10.5. The van der Waals surface area contributed by atoms with Crippen molar-refractivity contribution in [1.29, 1.82) is 0 Å². The van der Waals surface area contributed by atoms with Crippen LogP contribution in [-0.4, -0.2) is 16.1 Å². The van der Waals surface area contributed by atoms with Gasteiger partial charge < -0.3 is 10.6 Å². The minimum absolute atomic E-state index is 0.0113. The van der Waals surface area contributed by atoms with Crippen molar-refractivity contribution in [3.8, 4) is 0 Å². The Morgan fingerprint density at radius 1 is 0.885 bits per heavy atom. The second kappa shape index (κ2) is 7.18. The number of hydrogen-bond donors (Lipinski definition) is 2. The molecule has 0 aliphatic heterocycles. The van der Waals surface area contributed by atoms with Gasteiger partial charge in [-0.05, 0) is 42.5 Å². The van der Waals surface area contributed by atoms with Crippen molar-refractivity contribution in [3.63, 3.8) is 0 Å². The molecule has 0 radical (unpaired) electrons. The molecule has 0 aliphatic carbocycles. The van der Waals surface area contributed by atoms with Crippen LogP contribution in [0.25, 0.3) is 0 Å². The first-order valence-electron chi connectivity index (χ1n) is 7.25. The molecule has 0 fully saturated rings. The van der Waals surface area contributed by atoms with Crippen LogP contribution in [0, 0.1) is 23.3 Å². The Morgan fingerprint density at radius 2 is 1.69 bits per heavy atom. The maximum Gasteiger partial charge on any atom is 0.276 e. The third-order valence-corrected chi connectivity index (χ3v) is 3.28. The minimum atomic E-state index is -1.62. The summed E-state index contributed by atoms with van der Waals surface area (Å²) in [5.74, 6) is -5.47. The number of hydrogen-bond acceptors (Lipinski definition) is 4. The highest BCUT2D eigenvalue weighted by molar-refractivity contribution is 6.02. The van der Waals surface area contributed by atoms with Crippen LogP contribution in [0.4, 0.5) is 34.8 Å². The van der Waals surface area contributed by atoms with Gasteiger partial charge in [-0.3, -0.25) is 4.79 Å². The number of rotatable bonds is 4. The van der Waals surface area contributed by atoms with E-state index >= 15 is 0 Å². The monoisotopic (exact) mass is 362 g/mol. The molecule has 132 valence electrons. The van der Waals surface area contributed by atoms with Crippen molar-refractivity contribution < 1.29 is 22.4 Å². The molecule has 0 unspecified atom stereocenters. The zero-order valence-corrected chi connectivity index (χ0v) is 12.9. The first kappa shape index (κ1) is 17.3. The Bertz CT molecular complexity index is 963. The lowest BCUT2D eigenvalue weighted by Crippen LogP contribution is -2.14. The SMILES string of the molecule is O=C(Nc1cccc(F)c1)c1ccc(Nc2ccc(F)c(F)c2F)nn1. The first-order valence-corrected chi connectivity index (χ1v) is 7.25. The van der Waals surface area contributed by atoms with Crippen LogP contribution in [0.15, 0.2) is 48.5 Å². The highest BCUT2D eigenvalue weighted by atomic mass is 19.2. The molecule has 2 N–H and O–H groups in total. The molecule has 0 saturated carbocycles. The van der Waals surface area contributed by atoms with Gasteiger partial charge in [0, 0.05) is 5.69 Å². The molecule has 5 nitrogen and oxygen atoms in total. The Hall–Kier alpha value is -3.49. The number of nitrogens with zero attached hydrogens (tertiary/aromatic N) is 2. The van der Waals surface area contributed by atoms with Crippen LogP contribution < -0.4 is 10.6 Å². The van der Waals surface area contributed by atoms with Crippen molar-refractivity contribution in [3.05, 3.63) is 77.5 Å². The number of carbonyl (C=O) groups is 1. The van der Waals surface area contributed by atoms with Crippen molar-refractivity contribution in [2.75, 3.05) is 10.6 Å². The molecule has 0 atom stereocenters. The number of halogens is 4.